The monoisotopic (exact) mass is 443 g/mol. The van der Waals surface area contributed by atoms with E-state index in [0.29, 0.717) is 6.54 Å². The highest BCUT2D eigenvalue weighted by Gasteiger charge is 2.30. The van der Waals surface area contributed by atoms with Crippen LogP contribution in [-0.4, -0.2) is 53.4 Å². The van der Waals surface area contributed by atoms with Gasteiger partial charge in [0.1, 0.15) is 5.82 Å². The zero-order valence-corrected chi connectivity index (χ0v) is 20.0. The second-order valence-corrected chi connectivity index (χ2v) is 9.08. The molecule has 1 unspecified atom stereocenters. The summed E-state index contributed by atoms with van der Waals surface area (Å²) in [5, 5.41) is 0. The summed E-state index contributed by atoms with van der Waals surface area (Å²) in [6.45, 7) is 3.95. The lowest BCUT2D eigenvalue weighted by Gasteiger charge is -2.24. The lowest BCUT2D eigenvalue weighted by Crippen LogP contribution is -2.30. The molecule has 6 nitrogen and oxygen atoms in total. The first-order chi connectivity index (χ1) is 15.9. The summed E-state index contributed by atoms with van der Waals surface area (Å²) in [5.74, 6) is 1.73. The van der Waals surface area contributed by atoms with E-state index in [9.17, 15) is 4.79 Å². The smallest absolute Gasteiger partial charge is 0.220 e. The predicted molar refractivity (Wildman–Crippen MR) is 133 cm³/mol. The zero-order chi connectivity index (χ0) is 23.4. The number of nitrogens with zero attached hydrogens (tertiary/aromatic N) is 5. The number of hydrogen-bond acceptors (Lipinski definition) is 5. The molecule has 2 aromatic carbocycles. The molecule has 0 bridgehead atoms. The average Bonchev–Trinajstić information content (AvgIpc) is 3.30. The second kappa shape index (κ2) is 10.1. The number of aromatic nitrogens is 2. The number of rotatable bonds is 7. The van der Waals surface area contributed by atoms with Crippen molar-refractivity contribution in [3.8, 4) is 11.1 Å². The topological polar surface area (TPSA) is 52.6 Å². The largest absolute Gasteiger partial charge is 0.363 e. The van der Waals surface area contributed by atoms with Gasteiger partial charge in [-0.05, 0) is 36.6 Å². The molecule has 172 valence electrons. The van der Waals surface area contributed by atoms with E-state index in [4.69, 9.17) is 9.97 Å². The molecule has 4 rings (SSSR count). The van der Waals surface area contributed by atoms with Crippen LogP contribution in [0.25, 0.3) is 11.1 Å². The van der Waals surface area contributed by atoms with Crippen molar-refractivity contribution in [2.45, 2.75) is 38.9 Å². The first-order valence-electron chi connectivity index (χ1n) is 11.6. The third-order valence-electron chi connectivity index (χ3n) is 6.14. The molecule has 1 aromatic heterocycles. The Labute approximate surface area is 196 Å². The summed E-state index contributed by atoms with van der Waals surface area (Å²) in [5.41, 5.74) is 4.69. The van der Waals surface area contributed by atoms with Crippen molar-refractivity contribution in [2.75, 3.05) is 32.6 Å². The number of carbonyl (C=O) groups is 1. The maximum Gasteiger partial charge on any atom is 0.220 e. The minimum Gasteiger partial charge on any atom is -0.363 e. The molecule has 0 N–H and O–H groups in total. The van der Waals surface area contributed by atoms with Gasteiger partial charge in [-0.3, -0.25) is 9.69 Å². The van der Waals surface area contributed by atoms with Gasteiger partial charge in [0.05, 0.1) is 11.7 Å². The van der Waals surface area contributed by atoms with Crippen LogP contribution in [0.15, 0.2) is 60.7 Å². The third kappa shape index (κ3) is 5.57. The van der Waals surface area contributed by atoms with Crippen LogP contribution in [0.4, 0.5) is 5.82 Å². The van der Waals surface area contributed by atoms with Crippen LogP contribution < -0.4 is 4.90 Å². The van der Waals surface area contributed by atoms with E-state index in [2.05, 4.69) is 60.5 Å². The van der Waals surface area contributed by atoms with Gasteiger partial charge in [-0.25, -0.2) is 9.97 Å². The van der Waals surface area contributed by atoms with Gasteiger partial charge in [-0.2, -0.15) is 0 Å². The van der Waals surface area contributed by atoms with Gasteiger partial charge < -0.3 is 9.80 Å². The van der Waals surface area contributed by atoms with Gasteiger partial charge in [0.15, 0.2) is 5.82 Å². The van der Waals surface area contributed by atoms with E-state index in [1.807, 2.05) is 36.0 Å². The van der Waals surface area contributed by atoms with Crippen LogP contribution >= 0.6 is 0 Å². The average molecular weight is 444 g/mol. The summed E-state index contributed by atoms with van der Waals surface area (Å²) in [6, 6.07) is 21.2. The van der Waals surface area contributed by atoms with Crippen molar-refractivity contribution in [3.63, 3.8) is 0 Å². The van der Waals surface area contributed by atoms with E-state index in [1.165, 1.54) is 16.7 Å². The minimum atomic E-state index is -0.0306. The fraction of sp³-hybridized carbons (Fsp3) is 0.370. The van der Waals surface area contributed by atoms with E-state index in [-0.39, 0.29) is 11.9 Å². The molecule has 0 saturated carbocycles. The molecule has 1 fully saturated rings. The van der Waals surface area contributed by atoms with E-state index in [0.717, 1.165) is 43.3 Å². The van der Waals surface area contributed by atoms with Gasteiger partial charge in [0.25, 0.3) is 0 Å². The Kier molecular flexibility index (Phi) is 7.04. The Morgan fingerprint density at radius 1 is 0.970 bits per heavy atom. The van der Waals surface area contributed by atoms with Gasteiger partial charge in [0.2, 0.25) is 5.91 Å². The molecule has 1 saturated heterocycles. The molecule has 1 aliphatic heterocycles. The fourth-order valence-electron chi connectivity index (χ4n) is 4.45. The highest BCUT2D eigenvalue weighted by atomic mass is 16.2. The summed E-state index contributed by atoms with van der Waals surface area (Å²) in [6.07, 6.45) is 1.91. The Morgan fingerprint density at radius 2 is 1.67 bits per heavy atom. The SMILES string of the molecule is CC(=O)N1CCCC1c1nc(CN(C)Cc2ccc(-c3ccccc3)cc2)cc(N(C)C)n1. The predicted octanol–water partition coefficient (Wildman–Crippen LogP) is 4.53. The molecular weight excluding hydrogens is 410 g/mol. The zero-order valence-electron chi connectivity index (χ0n) is 20.0. The van der Waals surface area contributed by atoms with Gasteiger partial charge >= 0.3 is 0 Å². The van der Waals surface area contributed by atoms with Crippen molar-refractivity contribution in [3.05, 3.63) is 77.7 Å². The molecule has 0 radical (unpaired) electrons. The lowest BCUT2D eigenvalue weighted by molar-refractivity contribution is -0.129. The second-order valence-electron chi connectivity index (χ2n) is 9.08. The number of hydrogen-bond donors (Lipinski definition) is 0. The Balaban J connectivity index is 1.48. The van der Waals surface area contributed by atoms with Crippen molar-refractivity contribution < 1.29 is 4.79 Å². The Hall–Kier alpha value is -3.25. The van der Waals surface area contributed by atoms with Crippen molar-refractivity contribution in [1.29, 1.82) is 0 Å². The van der Waals surface area contributed by atoms with E-state index < -0.39 is 0 Å². The van der Waals surface area contributed by atoms with Crippen LogP contribution in [0.1, 0.15) is 42.9 Å². The first-order valence-corrected chi connectivity index (χ1v) is 11.6. The van der Waals surface area contributed by atoms with Crippen LogP contribution in [-0.2, 0) is 17.9 Å². The summed E-state index contributed by atoms with van der Waals surface area (Å²) in [4.78, 5) is 27.9. The molecule has 6 heteroatoms. The van der Waals surface area contributed by atoms with Crippen LogP contribution in [0, 0.1) is 0 Å². The van der Waals surface area contributed by atoms with Gasteiger partial charge in [0, 0.05) is 46.7 Å². The molecule has 0 spiro atoms. The van der Waals surface area contributed by atoms with Crippen LogP contribution in [0.3, 0.4) is 0 Å². The van der Waals surface area contributed by atoms with Crippen molar-refractivity contribution in [2.24, 2.45) is 0 Å². The highest BCUT2D eigenvalue weighted by Crippen LogP contribution is 2.31. The Bertz CT molecular complexity index is 1080. The van der Waals surface area contributed by atoms with E-state index in [1.54, 1.807) is 6.92 Å². The molecule has 1 amide bonds. The highest BCUT2D eigenvalue weighted by molar-refractivity contribution is 5.74. The van der Waals surface area contributed by atoms with Crippen LogP contribution in [0.5, 0.6) is 0 Å². The first kappa shape index (κ1) is 22.9. The molecule has 33 heavy (non-hydrogen) atoms. The third-order valence-corrected chi connectivity index (χ3v) is 6.14. The summed E-state index contributed by atoms with van der Waals surface area (Å²) >= 11 is 0. The Morgan fingerprint density at radius 3 is 2.33 bits per heavy atom. The molecule has 1 aliphatic rings. The number of carbonyl (C=O) groups excluding carboxylic acids is 1. The van der Waals surface area contributed by atoms with Crippen molar-refractivity contribution in [1.82, 2.24) is 19.8 Å². The quantitative estimate of drug-likeness (QED) is 0.537. The standard InChI is InChI=1S/C27H33N5O/c1-20(33)32-16-8-11-25(32)27-28-24(17-26(29-27)30(2)3)19-31(4)18-21-12-14-23(15-13-21)22-9-6-5-7-10-22/h5-7,9-10,12-15,17,25H,8,11,16,18-19H2,1-4H3. The molecule has 0 aliphatic carbocycles. The number of likely N-dealkylation sites (tertiary alicyclic amines) is 1. The lowest BCUT2D eigenvalue weighted by atomic mass is 10.0. The van der Waals surface area contributed by atoms with Gasteiger partial charge in [-0.1, -0.05) is 54.6 Å². The molecule has 2 heterocycles. The van der Waals surface area contributed by atoms with Crippen LogP contribution in [0.2, 0.25) is 0 Å². The molecule has 1 atom stereocenters. The number of anilines is 1. The van der Waals surface area contributed by atoms with E-state index >= 15 is 0 Å². The molecule has 3 aromatic rings. The fourth-order valence-corrected chi connectivity index (χ4v) is 4.45. The number of benzene rings is 2. The van der Waals surface area contributed by atoms with Crippen molar-refractivity contribution >= 4 is 11.7 Å². The summed E-state index contributed by atoms with van der Waals surface area (Å²) < 4.78 is 0. The molecular formula is C27H33N5O. The summed E-state index contributed by atoms with van der Waals surface area (Å²) in [7, 11) is 6.09. The normalized spacial score (nSPS) is 15.8. The maximum atomic E-state index is 12.1. The van der Waals surface area contributed by atoms with Gasteiger partial charge in [-0.15, -0.1) is 0 Å². The number of amides is 1. The minimum absolute atomic E-state index is 0.0306. The maximum absolute atomic E-state index is 12.1.